The molecule has 3 heteroatoms. The second-order valence-corrected chi connectivity index (χ2v) is 3.92. The molecule has 1 N–H and O–H groups in total. The van der Waals surface area contributed by atoms with Crippen LogP contribution in [0.3, 0.4) is 0 Å². The SMILES string of the molecule is CCCC(C)OCc1cccc(C(=O)O)c1. The molecule has 0 saturated heterocycles. The second kappa shape index (κ2) is 6.28. The van der Waals surface area contributed by atoms with Crippen LogP contribution in [-0.2, 0) is 11.3 Å². The van der Waals surface area contributed by atoms with Crippen LogP contribution in [0.4, 0.5) is 0 Å². The standard InChI is InChI=1S/C13H18O3/c1-3-5-10(2)16-9-11-6-4-7-12(8-11)13(14)15/h4,6-8,10H,3,5,9H2,1-2H3,(H,14,15). The Hall–Kier alpha value is -1.35. The predicted octanol–water partition coefficient (Wildman–Crippen LogP) is 3.09. The lowest BCUT2D eigenvalue weighted by Gasteiger charge is -2.11. The minimum atomic E-state index is -0.900. The van der Waals surface area contributed by atoms with Gasteiger partial charge in [-0.2, -0.15) is 0 Å². The first kappa shape index (κ1) is 12.7. The average Bonchev–Trinajstić information content (AvgIpc) is 2.27. The third-order valence-electron chi connectivity index (χ3n) is 2.40. The van der Waals surface area contributed by atoms with E-state index in [9.17, 15) is 4.79 Å². The smallest absolute Gasteiger partial charge is 0.335 e. The summed E-state index contributed by atoms with van der Waals surface area (Å²) < 4.78 is 5.61. The maximum absolute atomic E-state index is 10.8. The van der Waals surface area contributed by atoms with Crippen molar-refractivity contribution in [2.24, 2.45) is 0 Å². The molecule has 3 nitrogen and oxygen atoms in total. The van der Waals surface area contributed by atoms with E-state index < -0.39 is 5.97 Å². The second-order valence-electron chi connectivity index (χ2n) is 3.92. The van der Waals surface area contributed by atoms with Gasteiger partial charge in [-0.15, -0.1) is 0 Å². The quantitative estimate of drug-likeness (QED) is 0.804. The van der Waals surface area contributed by atoms with Crippen LogP contribution in [0.25, 0.3) is 0 Å². The highest BCUT2D eigenvalue weighted by atomic mass is 16.5. The van der Waals surface area contributed by atoms with Crippen molar-refractivity contribution in [3.8, 4) is 0 Å². The zero-order chi connectivity index (χ0) is 12.0. The van der Waals surface area contributed by atoms with Gasteiger partial charge in [0.05, 0.1) is 18.3 Å². The Morgan fingerprint density at radius 3 is 2.88 bits per heavy atom. The summed E-state index contributed by atoms with van der Waals surface area (Å²) in [5.41, 5.74) is 1.21. The number of hydrogen-bond donors (Lipinski definition) is 1. The molecular weight excluding hydrogens is 204 g/mol. The number of rotatable bonds is 6. The Balaban J connectivity index is 2.54. The van der Waals surface area contributed by atoms with Crippen molar-refractivity contribution in [1.29, 1.82) is 0 Å². The normalized spacial score (nSPS) is 12.4. The van der Waals surface area contributed by atoms with Crippen LogP contribution in [0.1, 0.15) is 42.6 Å². The number of aromatic carboxylic acids is 1. The Morgan fingerprint density at radius 1 is 1.50 bits per heavy atom. The van der Waals surface area contributed by atoms with Gasteiger partial charge >= 0.3 is 5.97 Å². The molecule has 0 amide bonds. The van der Waals surface area contributed by atoms with Gasteiger partial charge < -0.3 is 9.84 Å². The molecule has 88 valence electrons. The lowest BCUT2D eigenvalue weighted by Crippen LogP contribution is -2.07. The molecular formula is C13H18O3. The summed E-state index contributed by atoms with van der Waals surface area (Å²) in [6, 6.07) is 6.86. The van der Waals surface area contributed by atoms with Crippen LogP contribution < -0.4 is 0 Å². The van der Waals surface area contributed by atoms with Crippen LogP contribution in [0.5, 0.6) is 0 Å². The average molecular weight is 222 g/mol. The van der Waals surface area contributed by atoms with E-state index in [1.165, 1.54) is 0 Å². The van der Waals surface area contributed by atoms with Gasteiger partial charge in [0.2, 0.25) is 0 Å². The summed E-state index contributed by atoms with van der Waals surface area (Å²) in [7, 11) is 0. The number of carbonyl (C=O) groups is 1. The molecule has 0 heterocycles. The van der Waals surface area contributed by atoms with Gasteiger partial charge in [-0.3, -0.25) is 0 Å². The summed E-state index contributed by atoms with van der Waals surface area (Å²) >= 11 is 0. The Kier molecular flexibility index (Phi) is 4.99. The first-order valence-electron chi connectivity index (χ1n) is 5.57. The van der Waals surface area contributed by atoms with Crippen molar-refractivity contribution >= 4 is 5.97 Å². The number of benzene rings is 1. The summed E-state index contributed by atoms with van der Waals surface area (Å²) in [5.74, 6) is -0.900. The molecule has 16 heavy (non-hydrogen) atoms. The molecule has 1 unspecified atom stereocenters. The van der Waals surface area contributed by atoms with E-state index in [1.807, 2.05) is 13.0 Å². The van der Waals surface area contributed by atoms with Gasteiger partial charge in [0, 0.05) is 0 Å². The molecule has 1 atom stereocenters. The Morgan fingerprint density at radius 2 is 2.25 bits per heavy atom. The maximum Gasteiger partial charge on any atom is 0.335 e. The van der Waals surface area contributed by atoms with Crippen LogP contribution in [0.2, 0.25) is 0 Å². The first-order valence-corrected chi connectivity index (χ1v) is 5.57. The van der Waals surface area contributed by atoms with Gasteiger partial charge in [0.1, 0.15) is 0 Å². The molecule has 0 aliphatic rings. The summed E-state index contributed by atoms with van der Waals surface area (Å²) in [6.07, 6.45) is 2.34. The van der Waals surface area contributed by atoms with E-state index in [0.717, 1.165) is 18.4 Å². The molecule has 1 aromatic rings. The maximum atomic E-state index is 10.8. The first-order chi connectivity index (χ1) is 7.63. The molecule has 0 saturated carbocycles. The van der Waals surface area contributed by atoms with Gasteiger partial charge in [-0.25, -0.2) is 4.79 Å². The number of carboxylic acid groups (broad SMARTS) is 1. The fraction of sp³-hybridized carbons (Fsp3) is 0.462. The molecule has 0 radical (unpaired) electrons. The molecule has 0 spiro atoms. The van der Waals surface area contributed by atoms with Crippen molar-refractivity contribution in [3.05, 3.63) is 35.4 Å². The number of carboxylic acids is 1. The van der Waals surface area contributed by atoms with E-state index in [1.54, 1.807) is 18.2 Å². The Labute approximate surface area is 96.1 Å². The third kappa shape index (κ3) is 4.03. The minimum Gasteiger partial charge on any atom is -0.478 e. The molecule has 1 aromatic carbocycles. The lowest BCUT2D eigenvalue weighted by atomic mass is 10.1. The Bertz CT molecular complexity index is 347. The topological polar surface area (TPSA) is 46.5 Å². The molecule has 0 aliphatic carbocycles. The van der Waals surface area contributed by atoms with Crippen molar-refractivity contribution in [2.75, 3.05) is 0 Å². The van der Waals surface area contributed by atoms with Crippen molar-refractivity contribution in [3.63, 3.8) is 0 Å². The van der Waals surface area contributed by atoms with Crippen LogP contribution in [0, 0.1) is 0 Å². The zero-order valence-corrected chi connectivity index (χ0v) is 9.77. The van der Waals surface area contributed by atoms with E-state index in [-0.39, 0.29) is 6.10 Å². The van der Waals surface area contributed by atoms with Crippen molar-refractivity contribution < 1.29 is 14.6 Å². The number of hydrogen-bond acceptors (Lipinski definition) is 2. The van der Waals surface area contributed by atoms with E-state index in [4.69, 9.17) is 9.84 Å². The van der Waals surface area contributed by atoms with Gasteiger partial charge in [-0.05, 0) is 31.0 Å². The highest BCUT2D eigenvalue weighted by Crippen LogP contribution is 2.09. The number of ether oxygens (including phenoxy) is 1. The monoisotopic (exact) mass is 222 g/mol. The minimum absolute atomic E-state index is 0.221. The molecule has 0 fully saturated rings. The van der Waals surface area contributed by atoms with Gasteiger partial charge in [-0.1, -0.05) is 25.5 Å². The lowest BCUT2D eigenvalue weighted by molar-refractivity contribution is 0.0471. The van der Waals surface area contributed by atoms with E-state index >= 15 is 0 Å². The van der Waals surface area contributed by atoms with Gasteiger partial charge in [0.25, 0.3) is 0 Å². The molecule has 1 rings (SSSR count). The third-order valence-corrected chi connectivity index (χ3v) is 2.40. The predicted molar refractivity (Wildman–Crippen MR) is 62.6 cm³/mol. The highest BCUT2D eigenvalue weighted by Gasteiger charge is 2.05. The molecule has 0 aromatic heterocycles. The van der Waals surface area contributed by atoms with E-state index in [0.29, 0.717) is 12.2 Å². The van der Waals surface area contributed by atoms with Crippen molar-refractivity contribution in [2.45, 2.75) is 39.4 Å². The van der Waals surface area contributed by atoms with Crippen LogP contribution >= 0.6 is 0 Å². The molecule has 0 aliphatic heterocycles. The zero-order valence-electron chi connectivity index (χ0n) is 9.77. The largest absolute Gasteiger partial charge is 0.478 e. The fourth-order valence-electron chi connectivity index (χ4n) is 1.52. The van der Waals surface area contributed by atoms with Crippen molar-refractivity contribution in [1.82, 2.24) is 0 Å². The fourth-order valence-corrected chi connectivity index (χ4v) is 1.52. The van der Waals surface area contributed by atoms with Gasteiger partial charge in [0.15, 0.2) is 0 Å². The molecule has 0 bridgehead atoms. The van der Waals surface area contributed by atoms with E-state index in [2.05, 4.69) is 6.92 Å². The van der Waals surface area contributed by atoms with Crippen LogP contribution in [-0.4, -0.2) is 17.2 Å². The highest BCUT2D eigenvalue weighted by molar-refractivity contribution is 5.87. The van der Waals surface area contributed by atoms with Crippen LogP contribution in [0.15, 0.2) is 24.3 Å². The summed E-state index contributed by atoms with van der Waals surface area (Å²) in [5, 5.41) is 8.83. The summed E-state index contributed by atoms with van der Waals surface area (Å²) in [6.45, 7) is 4.62. The summed E-state index contributed by atoms with van der Waals surface area (Å²) in [4.78, 5) is 10.8.